The summed E-state index contributed by atoms with van der Waals surface area (Å²) in [7, 11) is 0. The lowest BCUT2D eigenvalue weighted by Gasteiger charge is -1.97. The fraction of sp³-hybridized carbons (Fsp3) is 0.500. The van der Waals surface area contributed by atoms with E-state index in [9.17, 15) is 0 Å². The summed E-state index contributed by atoms with van der Waals surface area (Å²) in [6.45, 7) is 0.229. The largest absolute Gasteiger partial charge is 0.396 e. The van der Waals surface area contributed by atoms with E-state index in [-0.39, 0.29) is 12.6 Å². The fourth-order valence-corrected chi connectivity index (χ4v) is 0.691. The van der Waals surface area contributed by atoms with Gasteiger partial charge < -0.3 is 5.11 Å². The zero-order valence-corrected chi connectivity index (χ0v) is 4.62. The Bertz CT molecular complexity index is 106. The SMILES string of the molecule is OCCC1C=CC=N1. The van der Waals surface area contributed by atoms with Crippen LogP contribution in [0.5, 0.6) is 0 Å². The van der Waals surface area contributed by atoms with Gasteiger partial charge in [0.15, 0.2) is 0 Å². The minimum absolute atomic E-state index is 0.229. The van der Waals surface area contributed by atoms with Gasteiger partial charge in [-0.15, -0.1) is 0 Å². The van der Waals surface area contributed by atoms with E-state index in [0.29, 0.717) is 0 Å². The molecule has 1 atom stereocenters. The monoisotopic (exact) mass is 111 g/mol. The molecule has 0 aliphatic carbocycles. The number of allylic oxidation sites excluding steroid dienone is 1. The van der Waals surface area contributed by atoms with E-state index in [1.807, 2.05) is 12.2 Å². The van der Waals surface area contributed by atoms with E-state index in [1.54, 1.807) is 6.21 Å². The van der Waals surface area contributed by atoms with Gasteiger partial charge in [0.2, 0.25) is 0 Å². The van der Waals surface area contributed by atoms with Gasteiger partial charge in [-0.3, -0.25) is 4.99 Å². The second-order valence-electron chi connectivity index (χ2n) is 1.76. The maximum absolute atomic E-state index is 8.42. The molecule has 44 valence electrons. The molecule has 0 spiro atoms. The maximum atomic E-state index is 8.42. The molecule has 1 rings (SSSR count). The summed E-state index contributed by atoms with van der Waals surface area (Å²) in [5.74, 6) is 0. The third-order valence-electron chi connectivity index (χ3n) is 1.12. The zero-order valence-electron chi connectivity index (χ0n) is 4.62. The van der Waals surface area contributed by atoms with Crippen molar-refractivity contribution in [2.45, 2.75) is 12.5 Å². The van der Waals surface area contributed by atoms with Crippen LogP contribution in [-0.2, 0) is 0 Å². The van der Waals surface area contributed by atoms with Crippen LogP contribution in [-0.4, -0.2) is 24.0 Å². The van der Waals surface area contributed by atoms with Crippen LogP contribution in [0.3, 0.4) is 0 Å². The molecule has 1 N–H and O–H groups in total. The Morgan fingerprint density at radius 3 is 3.00 bits per heavy atom. The maximum Gasteiger partial charge on any atom is 0.0705 e. The topological polar surface area (TPSA) is 32.6 Å². The average Bonchev–Trinajstić information content (AvgIpc) is 2.19. The Labute approximate surface area is 48.6 Å². The molecule has 0 saturated heterocycles. The minimum atomic E-state index is 0.229. The van der Waals surface area contributed by atoms with Crippen LogP contribution in [0.25, 0.3) is 0 Å². The number of aliphatic hydroxyl groups is 1. The third kappa shape index (κ3) is 1.17. The Morgan fingerprint density at radius 1 is 1.62 bits per heavy atom. The number of aliphatic hydroxyl groups excluding tert-OH is 1. The van der Waals surface area contributed by atoms with Gasteiger partial charge in [0, 0.05) is 12.8 Å². The first-order chi connectivity index (χ1) is 3.93. The molecular formula is C6H9NO. The van der Waals surface area contributed by atoms with Gasteiger partial charge in [0.05, 0.1) is 6.04 Å². The van der Waals surface area contributed by atoms with Gasteiger partial charge in [-0.25, -0.2) is 0 Å². The Morgan fingerprint density at radius 2 is 2.50 bits per heavy atom. The number of hydrogen-bond donors (Lipinski definition) is 1. The zero-order chi connectivity index (χ0) is 5.82. The van der Waals surface area contributed by atoms with Crippen molar-refractivity contribution in [2.24, 2.45) is 4.99 Å². The Hall–Kier alpha value is -0.630. The lowest BCUT2D eigenvalue weighted by atomic mass is 10.2. The van der Waals surface area contributed by atoms with Gasteiger partial charge in [0.25, 0.3) is 0 Å². The van der Waals surface area contributed by atoms with E-state index in [1.165, 1.54) is 0 Å². The van der Waals surface area contributed by atoms with Gasteiger partial charge in [0.1, 0.15) is 0 Å². The van der Waals surface area contributed by atoms with E-state index >= 15 is 0 Å². The summed E-state index contributed by atoms with van der Waals surface area (Å²) < 4.78 is 0. The van der Waals surface area contributed by atoms with Crippen LogP contribution in [0.15, 0.2) is 17.1 Å². The Balaban J connectivity index is 2.27. The average molecular weight is 111 g/mol. The van der Waals surface area contributed by atoms with Gasteiger partial charge in [-0.1, -0.05) is 6.08 Å². The Kier molecular flexibility index (Phi) is 1.80. The molecule has 8 heavy (non-hydrogen) atoms. The van der Waals surface area contributed by atoms with Crippen molar-refractivity contribution >= 4 is 6.21 Å². The molecule has 0 aromatic heterocycles. The van der Waals surface area contributed by atoms with Crippen molar-refractivity contribution in [3.05, 3.63) is 12.2 Å². The lowest BCUT2D eigenvalue weighted by Crippen LogP contribution is -1.99. The van der Waals surface area contributed by atoms with Crippen molar-refractivity contribution in [1.29, 1.82) is 0 Å². The minimum Gasteiger partial charge on any atom is -0.396 e. The van der Waals surface area contributed by atoms with E-state index in [4.69, 9.17) is 5.11 Å². The van der Waals surface area contributed by atoms with Gasteiger partial charge in [-0.05, 0) is 12.5 Å². The third-order valence-corrected chi connectivity index (χ3v) is 1.12. The highest BCUT2D eigenvalue weighted by molar-refractivity contribution is 5.74. The van der Waals surface area contributed by atoms with Gasteiger partial charge in [-0.2, -0.15) is 0 Å². The molecule has 0 aromatic carbocycles. The molecule has 0 amide bonds. The van der Waals surface area contributed by atoms with Crippen molar-refractivity contribution in [2.75, 3.05) is 6.61 Å². The van der Waals surface area contributed by atoms with Crippen LogP contribution in [0.1, 0.15) is 6.42 Å². The number of nitrogens with zero attached hydrogens (tertiary/aromatic N) is 1. The van der Waals surface area contributed by atoms with Crippen molar-refractivity contribution in [1.82, 2.24) is 0 Å². The first-order valence-electron chi connectivity index (χ1n) is 2.74. The molecular weight excluding hydrogens is 102 g/mol. The molecule has 0 saturated carbocycles. The molecule has 0 aromatic rings. The fourth-order valence-electron chi connectivity index (χ4n) is 0.691. The first kappa shape index (κ1) is 5.51. The molecule has 2 nitrogen and oxygen atoms in total. The summed E-state index contributed by atoms with van der Waals surface area (Å²) in [5, 5.41) is 8.42. The van der Waals surface area contributed by atoms with Crippen molar-refractivity contribution < 1.29 is 5.11 Å². The van der Waals surface area contributed by atoms with Crippen LogP contribution >= 0.6 is 0 Å². The summed E-state index contributed by atoms with van der Waals surface area (Å²) in [4.78, 5) is 4.03. The molecule has 0 fully saturated rings. The molecule has 1 unspecified atom stereocenters. The molecule has 0 radical (unpaired) electrons. The van der Waals surface area contributed by atoms with Gasteiger partial charge >= 0.3 is 0 Å². The van der Waals surface area contributed by atoms with E-state index in [2.05, 4.69) is 4.99 Å². The van der Waals surface area contributed by atoms with Crippen LogP contribution in [0.4, 0.5) is 0 Å². The number of rotatable bonds is 2. The smallest absolute Gasteiger partial charge is 0.0705 e. The normalized spacial score (nSPS) is 24.9. The van der Waals surface area contributed by atoms with E-state index < -0.39 is 0 Å². The van der Waals surface area contributed by atoms with Crippen molar-refractivity contribution in [3.63, 3.8) is 0 Å². The summed E-state index contributed by atoms with van der Waals surface area (Å²) in [5.41, 5.74) is 0. The molecule has 1 heterocycles. The molecule has 2 heteroatoms. The second kappa shape index (κ2) is 2.62. The first-order valence-corrected chi connectivity index (χ1v) is 2.74. The molecule has 0 bridgehead atoms. The standard InChI is InChI=1S/C6H9NO/c8-5-3-6-2-1-4-7-6/h1-2,4,6,8H,3,5H2. The second-order valence-corrected chi connectivity index (χ2v) is 1.76. The van der Waals surface area contributed by atoms with Crippen LogP contribution in [0, 0.1) is 0 Å². The number of hydrogen-bond acceptors (Lipinski definition) is 2. The van der Waals surface area contributed by atoms with E-state index in [0.717, 1.165) is 6.42 Å². The lowest BCUT2D eigenvalue weighted by molar-refractivity contribution is 0.283. The summed E-state index contributed by atoms with van der Waals surface area (Å²) >= 11 is 0. The quantitative estimate of drug-likeness (QED) is 0.549. The number of aliphatic imine (C=N–C) groups is 1. The highest BCUT2D eigenvalue weighted by atomic mass is 16.3. The van der Waals surface area contributed by atoms with Crippen LogP contribution < -0.4 is 0 Å². The predicted octanol–water partition coefficient (Wildman–Crippen LogP) is 0.378. The van der Waals surface area contributed by atoms with Crippen LogP contribution in [0.2, 0.25) is 0 Å². The summed E-state index contributed by atoms with van der Waals surface area (Å²) in [6.07, 6.45) is 6.41. The predicted molar refractivity (Wildman–Crippen MR) is 33.1 cm³/mol. The highest BCUT2D eigenvalue weighted by Crippen LogP contribution is 2.02. The molecule has 1 aliphatic heterocycles. The summed E-state index contributed by atoms with van der Waals surface area (Å²) in [6, 6.07) is 0.250. The molecule has 1 aliphatic rings. The van der Waals surface area contributed by atoms with Crippen molar-refractivity contribution in [3.8, 4) is 0 Å². The highest BCUT2D eigenvalue weighted by Gasteiger charge is 2.01.